The van der Waals surface area contributed by atoms with Gasteiger partial charge in [-0.2, -0.15) is 0 Å². The fourth-order valence-corrected chi connectivity index (χ4v) is 2.19. The fraction of sp³-hybridized carbons (Fsp3) is 0.200. The van der Waals surface area contributed by atoms with Crippen LogP contribution >= 0.6 is 15.9 Å². The predicted molar refractivity (Wildman–Crippen MR) is 73.9 cm³/mol. The third-order valence-corrected chi connectivity index (χ3v) is 3.52. The first-order valence-electron chi connectivity index (χ1n) is 5.86. The van der Waals surface area contributed by atoms with E-state index in [1.165, 1.54) is 12.1 Å². The summed E-state index contributed by atoms with van der Waals surface area (Å²) in [6.07, 6.45) is -1.02. The first kappa shape index (κ1) is 14.2. The van der Waals surface area contributed by atoms with Crippen LogP contribution in [0.3, 0.4) is 0 Å². The van der Waals surface area contributed by atoms with Crippen molar-refractivity contribution in [3.05, 3.63) is 69.2 Å². The van der Waals surface area contributed by atoms with Crippen LogP contribution in [0.15, 0.2) is 40.9 Å². The zero-order valence-electron chi connectivity index (χ0n) is 10.3. The van der Waals surface area contributed by atoms with Gasteiger partial charge in [0.15, 0.2) is 0 Å². The summed E-state index contributed by atoms with van der Waals surface area (Å²) in [7, 11) is 0. The highest BCUT2D eigenvalue weighted by Gasteiger charge is 2.19. The molecule has 1 atom stereocenters. The summed E-state index contributed by atoms with van der Waals surface area (Å²) in [6, 6.07) is 9.80. The summed E-state index contributed by atoms with van der Waals surface area (Å²) >= 11 is 3.31. The third kappa shape index (κ3) is 3.19. The number of rotatable bonds is 3. The standard InChI is InChI=1S/C15H13BrF2O/c1-9-2-7-12(17)14(15(9)18)13(19)8-10-3-5-11(16)6-4-10/h2-7,13,19H,8H2,1H3. The van der Waals surface area contributed by atoms with Crippen molar-refractivity contribution in [3.63, 3.8) is 0 Å². The normalized spacial score (nSPS) is 12.5. The first-order valence-corrected chi connectivity index (χ1v) is 6.65. The molecule has 2 aromatic carbocycles. The Hall–Kier alpha value is -1.26. The first-order chi connectivity index (χ1) is 8.99. The lowest BCUT2D eigenvalue weighted by Gasteiger charge is -2.14. The van der Waals surface area contributed by atoms with Gasteiger partial charge in [0.25, 0.3) is 0 Å². The van der Waals surface area contributed by atoms with Crippen LogP contribution in [0, 0.1) is 18.6 Å². The minimum absolute atomic E-state index is 0.171. The zero-order valence-corrected chi connectivity index (χ0v) is 11.9. The number of hydrogen-bond acceptors (Lipinski definition) is 1. The Morgan fingerprint density at radius 3 is 2.37 bits per heavy atom. The molecular weight excluding hydrogens is 314 g/mol. The molecule has 100 valence electrons. The molecule has 0 spiro atoms. The van der Waals surface area contributed by atoms with Crippen molar-refractivity contribution < 1.29 is 13.9 Å². The summed E-state index contributed by atoms with van der Waals surface area (Å²) in [5, 5.41) is 10.0. The predicted octanol–water partition coefficient (Wildman–Crippen LogP) is 4.31. The number of halogens is 3. The molecule has 0 aromatic heterocycles. The van der Waals surface area contributed by atoms with Crippen molar-refractivity contribution in [2.75, 3.05) is 0 Å². The highest BCUT2D eigenvalue weighted by atomic mass is 79.9. The van der Waals surface area contributed by atoms with Crippen LogP contribution in [-0.4, -0.2) is 5.11 Å². The molecule has 4 heteroatoms. The SMILES string of the molecule is Cc1ccc(F)c(C(O)Cc2ccc(Br)cc2)c1F. The van der Waals surface area contributed by atoms with Gasteiger partial charge in [0.2, 0.25) is 0 Å². The lowest BCUT2D eigenvalue weighted by molar-refractivity contribution is 0.168. The number of hydrogen-bond donors (Lipinski definition) is 1. The maximum Gasteiger partial charge on any atom is 0.134 e. The van der Waals surface area contributed by atoms with Crippen LogP contribution < -0.4 is 0 Å². The molecule has 0 aliphatic heterocycles. The molecule has 2 rings (SSSR count). The Kier molecular flexibility index (Phi) is 4.32. The van der Waals surface area contributed by atoms with E-state index in [1.807, 2.05) is 12.1 Å². The van der Waals surface area contributed by atoms with Crippen molar-refractivity contribution in [1.29, 1.82) is 0 Å². The lowest BCUT2D eigenvalue weighted by Crippen LogP contribution is -2.08. The highest BCUT2D eigenvalue weighted by Crippen LogP contribution is 2.26. The van der Waals surface area contributed by atoms with Gasteiger partial charge in [0.1, 0.15) is 11.6 Å². The smallest absolute Gasteiger partial charge is 0.134 e. The van der Waals surface area contributed by atoms with E-state index in [2.05, 4.69) is 15.9 Å². The van der Waals surface area contributed by atoms with Gasteiger partial charge in [-0.3, -0.25) is 0 Å². The fourth-order valence-electron chi connectivity index (χ4n) is 1.93. The van der Waals surface area contributed by atoms with Crippen molar-refractivity contribution in [3.8, 4) is 0 Å². The van der Waals surface area contributed by atoms with E-state index in [0.29, 0.717) is 5.56 Å². The zero-order chi connectivity index (χ0) is 14.0. The molecule has 0 saturated carbocycles. The molecule has 1 N–H and O–H groups in total. The Morgan fingerprint density at radius 1 is 1.11 bits per heavy atom. The topological polar surface area (TPSA) is 20.2 Å². The molecule has 0 aliphatic rings. The molecule has 2 aromatic rings. The second-order valence-corrected chi connectivity index (χ2v) is 5.35. The molecule has 0 heterocycles. The molecule has 0 radical (unpaired) electrons. The summed E-state index contributed by atoms with van der Waals surface area (Å²) in [4.78, 5) is 0. The Balaban J connectivity index is 2.27. The molecule has 1 nitrogen and oxygen atoms in total. The van der Waals surface area contributed by atoms with E-state index in [1.54, 1.807) is 19.1 Å². The van der Waals surface area contributed by atoms with Gasteiger partial charge in [-0.15, -0.1) is 0 Å². The molecule has 1 unspecified atom stereocenters. The van der Waals surface area contributed by atoms with Crippen molar-refractivity contribution in [2.24, 2.45) is 0 Å². The largest absolute Gasteiger partial charge is 0.388 e. The van der Waals surface area contributed by atoms with Crippen LogP contribution in [0.5, 0.6) is 0 Å². The molecule has 0 aliphatic carbocycles. The van der Waals surface area contributed by atoms with Crippen LogP contribution in [0.1, 0.15) is 22.8 Å². The van der Waals surface area contributed by atoms with Crippen molar-refractivity contribution in [2.45, 2.75) is 19.4 Å². The minimum Gasteiger partial charge on any atom is -0.388 e. The Morgan fingerprint density at radius 2 is 1.74 bits per heavy atom. The summed E-state index contributed by atoms with van der Waals surface area (Å²) in [6.45, 7) is 1.55. The van der Waals surface area contributed by atoms with Crippen LogP contribution in [0.25, 0.3) is 0 Å². The van der Waals surface area contributed by atoms with Gasteiger partial charge in [-0.05, 0) is 36.2 Å². The molecule has 0 fully saturated rings. The lowest BCUT2D eigenvalue weighted by atomic mass is 9.99. The number of aryl methyl sites for hydroxylation is 1. The second kappa shape index (κ2) is 5.80. The van der Waals surface area contributed by atoms with Crippen molar-refractivity contribution >= 4 is 15.9 Å². The van der Waals surface area contributed by atoms with Crippen LogP contribution in [0.2, 0.25) is 0 Å². The number of aliphatic hydroxyl groups excluding tert-OH is 1. The van der Waals surface area contributed by atoms with E-state index in [-0.39, 0.29) is 12.0 Å². The van der Waals surface area contributed by atoms with Crippen molar-refractivity contribution in [1.82, 2.24) is 0 Å². The Labute approximate surface area is 119 Å². The molecule has 0 saturated heterocycles. The van der Waals surface area contributed by atoms with E-state index >= 15 is 0 Å². The van der Waals surface area contributed by atoms with Gasteiger partial charge < -0.3 is 5.11 Å². The van der Waals surface area contributed by atoms with E-state index < -0.39 is 17.7 Å². The molecule has 0 bridgehead atoms. The Bertz CT molecular complexity index is 581. The monoisotopic (exact) mass is 326 g/mol. The minimum atomic E-state index is -1.19. The van der Waals surface area contributed by atoms with Gasteiger partial charge in [-0.25, -0.2) is 8.78 Å². The van der Waals surface area contributed by atoms with Gasteiger partial charge >= 0.3 is 0 Å². The molecule has 0 amide bonds. The third-order valence-electron chi connectivity index (χ3n) is 3.00. The van der Waals surface area contributed by atoms with Gasteiger partial charge in [0, 0.05) is 10.9 Å². The van der Waals surface area contributed by atoms with Crippen LogP contribution in [0.4, 0.5) is 8.78 Å². The number of aliphatic hydroxyl groups is 1. The summed E-state index contributed by atoms with van der Waals surface area (Å²) in [5.41, 5.74) is 0.880. The van der Waals surface area contributed by atoms with Gasteiger partial charge in [0.05, 0.1) is 11.7 Å². The second-order valence-electron chi connectivity index (χ2n) is 4.44. The summed E-state index contributed by atoms with van der Waals surface area (Å²) in [5.74, 6) is -1.39. The van der Waals surface area contributed by atoms with E-state index in [4.69, 9.17) is 0 Å². The maximum absolute atomic E-state index is 13.9. The average Bonchev–Trinajstić information content (AvgIpc) is 2.37. The number of benzene rings is 2. The summed E-state index contributed by atoms with van der Waals surface area (Å²) < 4.78 is 28.4. The molecular formula is C15H13BrF2O. The highest BCUT2D eigenvalue weighted by molar-refractivity contribution is 9.10. The van der Waals surface area contributed by atoms with E-state index in [9.17, 15) is 13.9 Å². The van der Waals surface area contributed by atoms with Gasteiger partial charge in [-0.1, -0.05) is 34.1 Å². The van der Waals surface area contributed by atoms with Crippen LogP contribution in [-0.2, 0) is 6.42 Å². The maximum atomic E-state index is 13.9. The average molecular weight is 327 g/mol. The molecule has 19 heavy (non-hydrogen) atoms. The van der Waals surface area contributed by atoms with E-state index in [0.717, 1.165) is 10.0 Å². The quantitative estimate of drug-likeness (QED) is 0.891.